The van der Waals surface area contributed by atoms with Crippen molar-refractivity contribution in [3.8, 4) is 17.5 Å². The van der Waals surface area contributed by atoms with Crippen molar-refractivity contribution < 1.29 is 18.0 Å². The molecular formula is C18H17F3N8O. The molecule has 156 valence electrons. The Morgan fingerprint density at radius 3 is 2.70 bits per heavy atom. The van der Waals surface area contributed by atoms with Gasteiger partial charge in [0.2, 0.25) is 5.91 Å². The van der Waals surface area contributed by atoms with Crippen LogP contribution in [0.4, 0.5) is 13.2 Å². The average molecular weight is 418 g/mol. The first kappa shape index (κ1) is 21.1. The van der Waals surface area contributed by atoms with E-state index in [4.69, 9.17) is 11.0 Å². The molecular weight excluding hydrogens is 401 g/mol. The van der Waals surface area contributed by atoms with E-state index in [0.717, 1.165) is 6.20 Å². The quantitative estimate of drug-likeness (QED) is 0.553. The van der Waals surface area contributed by atoms with Crippen LogP contribution in [0.25, 0.3) is 22.4 Å². The van der Waals surface area contributed by atoms with E-state index >= 15 is 0 Å². The van der Waals surface area contributed by atoms with Crippen LogP contribution in [0.2, 0.25) is 0 Å². The van der Waals surface area contributed by atoms with Crippen LogP contribution in [0.5, 0.6) is 0 Å². The van der Waals surface area contributed by atoms with Crippen LogP contribution < -0.4 is 11.1 Å². The van der Waals surface area contributed by atoms with Crippen LogP contribution in [0.15, 0.2) is 24.7 Å². The number of carbonyl (C=O) groups is 1. The Kier molecular flexibility index (Phi) is 5.41. The number of aromatic amines is 1. The third-order valence-corrected chi connectivity index (χ3v) is 4.69. The minimum Gasteiger partial charge on any atom is -0.368 e. The summed E-state index contributed by atoms with van der Waals surface area (Å²) < 4.78 is 38.6. The van der Waals surface area contributed by atoms with E-state index in [2.05, 4.69) is 30.5 Å². The van der Waals surface area contributed by atoms with Crippen molar-refractivity contribution in [1.29, 1.82) is 5.26 Å². The number of H-pyrrole nitrogens is 1. The Bertz CT molecular complexity index is 1130. The van der Waals surface area contributed by atoms with Gasteiger partial charge in [-0.15, -0.1) is 5.10 Å². The fraction of sp³-hybridized carbons (Fsp3) is 0.333. The number of nitrogens with one attached hydrogen (secondary N) is 2. The molecule has 1 amide bonds. The number of nitrogens with zero attached hydrogens (tertiary/aromatic N) is 5. The first-order valence-corrected chi connectivity index (χ1v) is 8.78. The van der Waals surface area contributed by atoms with E-state index in [9.17, 15) is 18.0 Å². The van der Waals surface area contributed by atoms with E-state index in [-0.39, 0.29) is 11.5 Å². The van der Waals surface area contributed by atoms with Crippen molar-refractivity contribution in [2.75, 3.05) is 6.54 Å². The summed E-state index contributed by atoms with van der Waals surface area (Å²) in [5.41, 5.74) is 4.67. The molecule has 3 aromatic rings. The van der Waals surface area contributed by atoms with Gasteiger partial charge in [-0.3, -0.25) is 10.1 Å². The zero-order valence-electron chi connectivity index (χ0n) is 15.9. The summed E-state index contributed by atoms with van der Waals surface area (Å²) in [4.78, 5) is 23.6. The van der Waals surface area contributed by atoms with Gasteiger partial charge in [0, 0.05) is 23.3 Å². The summed E-state index contributed by atoms with van der Waals surface area (Å²) in [7, 11) is 0. The van der Waals surface area contributed by atoms with Crippen LogP contribution in [-0.4, -0.2) is 43.8 Å². The number of amides is 1. The number of alkyl halides is 3. The Balaban J connectivity index is 2.14. The number of hydrogen-bond donors (Lipinski definition) is 3. The summed E-state index contributed by atoms with van der Waals surface area (Å²) in [6.07, 6.45) is -0.555. The van der Waals surface area contributed by atoms with Gasteiger partial charge >= 0.3 is 6.18 Å². The number of hydrogen-bond acceptors (Lipinski definition) is 7. The molecule has 0 aliphatic carbocycles. The zero-order chi connectivity index (χ0) is 22.1. The number of primary amides is 1. The fourth-order valence-electron chi connectivity index (χ4n) is 3.19. The third kappa shape index (κ3) is 3.79. The van der Waals surface area contributed by atoms with Crippen molar-refractivity contribution >= 4 is 16.9 Å². The molecule has 0 saturated heterocycles. The maximum absolute atomic E-state index is 12.9. The van der Waals surface area contributed by atoms with Crippen LogP contribution in [0.3, 0.4) is 0 Å². The number of pyridine rings is 1. The Labute approximate surface area is 168 Å². The van der Waals surface area contributed by atoms with Crippen molar-refractivity contribution in [3.63, 3.8) is 0 Å². The second-order valence-corrected chi connectivity index (χ2v) is 6.90. The van der Waals surface area contributed by atoms with Crippen molar-refractivity contribution in [2.24, 2.45) is 11.7 Å². The molecule has 12 heteroatoms. The van der Waals surface area contributed by atoms with E-state index in [1.54, 1.807) is 19.9 Å². The molecule has 0 spiro atoms. The summed E-state index contributed by atoms with van der Waals surface area (Å²) in [5.74, 6) is -1.67. The number of fused-ring (bicyclic) bond motifs is 1. The minimum absolute atomic E-state index is 0.0377. The number of carbonyl (C=O) groups excluding carboxylic acids is 1. The van der Waals surface area contributed by atoms with E-state index in [0.29, 0.717) is 22.2 Å². The van der Waals surface area contributed by atoms with Crippen molar-refractivity contribution in [3.05, 3.63) is 35.9 Å². The number of aromatic nitrogens is 5. The van der Waals surface area contributed by atoms with Crippen molar-refractivity contribution in [2.45, 2.75) is 25.6 Å². The van der Waals surface area contributed by atoms with Gasteiger partial charge in [-0.1, -0.05) is 13.8 Å². The van der Waals surface area contributed by atoms with E-state index in [1.165, 1.54) is 12.4 Å². The maximum atomic E-state index is 12.9. The van der Waals surface area contributed by atoms with Gasteiger partial charge in [0.05, 0.1) is 24.0 Å². The SMILES string of the molecule is CC(C)[C@@](NCC(F)(F)F)(C(N)=O)c1cnnc(-c2c[nH]c3ncc(C#N)cc23)n1. The molecule has 30 heavy (non-hydrogen) atoms. The minimum atomic E-state index is -4.57. The monoisotopic (exact) mass is 418 g/mol. The van der Waals surface area contributed by atoms with Crippen LogP contribution >= 0.6 is 0 Å². The van der Waals surface area contributed by atoms with Crippen LogP contribution in [0.1, 0.15) is 25.1 Å². The molecule has 0 bridgehead atoms. The van der Waals surface area contributed by atoms with Crippen LogP contribution in [0, 0.1) is 17.2 Å². The van der Waals surface area contributed by atoms with Gasteiger partial charge in [-0.2, -0.15) is 23.5 Å². The first-order valence-electron chi connectivity index (χ1n) is 8.78. The molecule has 4 N–H and O–H groups in total. The van der Waals surface area contributed by atoms with Gasteiger partial charge < -0.3 is 10.7 Å². The standard InChI is InChI=1S/C18H17F3N8O/c1-9(2)18(16(23)30,26-8-17(19,20)21)13-7-27-29-15(28-13)12-6-25-14-11(12)3-10(4-22)5-24-14/h3,5-7,9,26H,8H2,1-2H3,(H2,23,30)(H,24,25)/t18-/m0/s1. The first-order chi connectivity index (χ1) is 14.1. The lowest BCUT2D eigenvalue weighted by Crippen LogP contribution is -2.58. The topological polar surface area (TPSA) is 146 Å². The Morgan fingerprint density at radius 1 is 1.37 bits per heavy atom. The summed E-state index contributed by atoms with van der Waals surface area (Å²) in [6.45, 7) is 1.64. The number of nitrogens with two attached hydrogens (primary N) is 1. The van der Waals surface area contributed by atoms with Crippen molar-refractivity contribution in [1.82, 2.24) is 30.5 Å². The second kappa shape index (κ2) is 7.68. The zero-order valence-corrected chi connectivity index (χ0v) is 15.9. The molecule has 1 atom stereocenters. The van der Waals surface area contributed by atoms with Gasteiger partial charge in [-0.05, 0) is 12.0 Å². The third-order valence-electron chi connectivity index (χ3n) is 4.69. The molecule has 9 nitrogen and oxygen atoms in total. The number of nitriles is 1. The fourth-order valence-corrected chi connectivity index (χ4v) is 3.19. The molecule has 0 unspecified atom stereocenters. The lowest BCUT2D eigenvalue weighted by atomic mass is 9.82. The van der Waals surface area contributed by atoms with Gasteiger partial charge in [0.15, 0.2) is 5.82 Å². The molecule has 0 radical (unpaired) electrons. The Morgan fingerprint density at radius 2 is 2.10 bits per heavy atom. The number of halogens is 3. The Hall–Kier alpha value is -3.59. The molecule has 3 heterocycles. The smallest absolute Gasteiger partial charge is 0.368 e. The molecule has 0 aliphatic heterocycles. The maximum Gasteiger partial charge on any atom is 0.401 e. The summed E-state index contributed by atoms with van der Waals surface area (Å²) in [5, 5.41) is 19.6. The van der Waals surface area contributed by atoms with Crippen LogP contribution in [-0.2, 0) is 10.3 Å². The largest absolute Gasteiger partial charge is 0.401 e. The normalized spacial score (nSPS) is 13.9. The molecule has 3 aromatic heterocycles. The molecule has 0 aromatic carbocycles. The average Bonchev–Trinajstić information content (AvgIpc) is 3.10. The second-order valence-electron chi connectivity index (χ2n) is 6.90. The van der Waals surface area contributed by atoms with E-state index < -0.39 is 30.1 Å². The highest BCUT2D eigenvalue weighted by Gasteiger charge is 2.46. The highest BCUT2D eigenvalue weighted by molar-refractivity contribution is 5.92. The molecule has 0 aliphatic rings. The van der Waals surface area contributed by atoms with Gasteiger partial charge in [-0.25, -0.2) is 9.97 Å². The lowest BCUT2D eigenvalue weighted by molar-refractivity contribution is -0.139. The highest BCUT2D eigenvalue weighted by Crippen LogP contribution is 2.31. The predicted molar refractivity (Wildman–Crippen MR) is 99.4 cm³/mol. The predicted octanol–water partition coefficient (Wildman–Crippen LogP) is 1.78. The van der Waals surface area contributed by atoms with E-state index in [1.807, 2.05) is 6.07 Å². The summed E-state index contributed by atoms with van der Waals surface area (Å²) >= 11 is 0. The lowest BCUT2D eigenvalue weighted by Gasteiger charge is -2.35. The number of rotatable bonds is 6. The highest BCUT2D eigenvalue weighted by atomic mass is 19.4. The van der Waals surface area contributed by atoms with Gasteiger partial charge in [0.25, 0.3) is 0 Å². The van der Waals surface area contributed by atoms with Gasteiger partial charge in [0.1, 0.15) is 17.3 Å². The molecule has 3 rings (SSSR count). The molecule has 0 fully saturated rings. The summed E-state index contributed by atoms with van der Waals surface area (Å²) in [6, 6.07) is 3.54. The molecule has 0 saturated carbocycles.